The third kappa shape index (κ3) is 1.56. The largest absolute Gasteiger partial charge is 0.490 e. The smallest absolute Gasteiger partial charge is 0.336 e. The van der Waals surface area contributed by atoms with Crippen LogP contribution in [0.25, 0.3) is 21.9 Å². The maximum atomic E-state index is 11.5. The summed E-state index contributed by atoms with van der Waals surface area (Å²) in [6, 6.07) is 3.47. The van der Waals surface area contributed by atoms with Crippen molar-refractivity contribution in [3.05, 3.63) is 39.4 Å². The molecule has 3 aromatic rings. The van der Waals surface area contributed by atoms with Gasteiger partial charge in [0.1, 0.15) is 5.76 Å². The van der Waals surface area contributed by atoms with Crippen LogP contribution >= 0.6 is 0 Å². The quantitative estimate of drug-likeness (QED) is 0.627. The summed E-state index contributed by atoms with van der Waals surface area (Å²) in [5.41, 5.74) is 2.61. The molecule has 4 nitrogen and oxygen atoms in total. The molecule has 0 aliphatic heterocycles. The molecule has 0 aliphatic carbocycles. The fourth-order valence-electron chi connectivity index (χ4n) is 2.39. The Morgan fingerprint density at radius 2 is 1.68 bits per heavy atom. The first kappa shape index (κ1) is 11.8. The van der Waals surface area contributed by atoms with Crippen LogP contribution in [0.3, 0.4) is 0 Å². The van der Waals surface area contributed by atoms with Crippen molar-refractivity contribution in [2.45, 2.75) is 20.8 Å². The Morgan fingerprint density at radius 1 is 1.00 bits per heavy atom. The molecule has 0 saturated heterocycles. The second-order valence-electron chi connectivity index (χ2n) is 4.69. The highest BCUT2D eigenvalue weighted by Crippen LogP contribution is 2.38. The van der Waals surface area contributed by atoms with Gasteiger partial charge in [-0.1, -0.05) is 0 Å². The highest BCUT2D eigenvalue weighted by atomic mass is 16.5. The zero-order chi connectivity index (χ0) is 13.7. The molecule has 3 rings (SSSR count). The predicted molar refractivity (Wildman–Crippen MR) is 73.0 cm³/mol. The van der Waals surface area contributed by atoms with Gasteiger partial charge in [0.2, 0.25) is 5.75 Å². The maximum absolute atomic E-state index is 11.5. The predicted octanol–water partition coefficient (Wildman–Crippen LogP) is 3.47. The van der Waals surface area contributed by atoms with Gasteiger partial charge in [-0.15, -0.1) is 0 Å². The van der Waals surface area contributed by atoms with Crippen LogP contribution in [-0.2, 0) is 0 Å². The molecule has 0 radical (unpaired) electrons. The van der Waals surface area contributed by atoms with E-state index in [4.69, 9.17) is 13.6 Å². The normalized spacial score (nSPS) is 11.4. The number of benzene rings is 1. The summed E-state index contributed by atoms with van der Waals surface area (Å²) in [7, 11) is 1.55. The number of aryl methyl sites for hydroxylation is 3. The molecule has 0 bridgehead atoms. The number of fused-ring (bicyclic) bond motifs is 2. The Kier molecular flexibility index (Phi) is 2.42. The molecule has 1 aromatic carbocycles. The van der Waals surface area contributed by atoms with Crippen LogP contribution in [0.4, 0.5) is 0 Å². The summed E-state index contributed by atoms with van der Waals surface area (Å²) in [5.74, 6) is 1.31. The molecule has 0 spiro atoms. The Balaban J connectivity index is 2.64. The highest BCUT2D eigenvalue weighted by molar-refractivity contribution is 6.02. The number of hydrogen-bond donors (Lipinski definition) is 0. The number of hydrogen-bond acceptors (Lipinski definition) is 4. The summed E-state index contributed by atoms with van der Waals surface area (Å²) < 4.78 is 16.4. The average molecular weight is 258 g/mol. The van der Waals surface area contributed by atoms with E-state index in [0.29, 0.717) is 16.9 Å². The molecule has 0 atom stereocenters. The molecule has 2 heterocycles. The summed E-state index contributed by atoms with van der Waals surface area (Å²) in [5, 5.41) is 1.85. The fourth-order valence-corrected chi connectivity index (χ4v) is 2.39. The molecular weight excluding hydrogens is 244 g/mol. The van der Waals surface area contributed by atoms with Gasteiger partial charge in [-0.3, -0.25) is 0 Å². The standard InChI is InChI=1S/C15H14O4/c1-7-5-12(16)19-13-10(7)6-11-8(2)9(3)18-14(11)15(13)17-4/h5-6H,1-4H3. The van der Waals surface area contributed by atoms with Gasteiger partial charge in [0.05, 0.1) is 7.11 Å². The maximum Gasteiger partial charge on any atom is 0.336 e. The van der Waals surface area contributed by atoms with Crippen LogP contribution < -0.4 is 10.4 Å². The average Bonchev–Trinajstić information content (AvgIpc) is 2.63. The first-order valence-electron chi connectivity index (χ1n) is 6.04. The van der Waals surface area contributed by atoms with Crippen molar-refractivity contribution < 1.29 is 13.6 Å². The molecule has 0 aliphatic rings. The SMILES string of the molecule is COc1c2oc(=O)cc(C)c2cc2c(C)c(C)oc12. The van der Waals surface area contributed by atoms with Crippen molar-refractivity contribution in [3.8, 4) is 5.75 Å². The van der Waals surface area contributed by atoms with Gasteiger partial charge in [-0.2, -0.15) is 0 Å². The van der Waals surface area contributed by atoms with Crippen molar-refractivity contribution in [1.82, 2.24) is 0 Å². The van der Waals surface area contributed by atoms with Gasteiger partial charge in [0.15, 0.2) is 11.2 Å². The minimum Gasteiger partial charge on any atom is -0.490 e. The molecule has 19 heavy (non-hydrogen) atoms. The van der Waals surface area contributed by atoms with E-state index in [0.717, 1.165) is 27.7 Å². The number of rotatable bonds is 1. The van der Waals surface area contributed by atoms with Gasteiger partial charge < -0.3 is 13.6 Å². The molecule has 2 aromatic heterocycles. The first-order chi connectivity index (χ1) is 9.02. The van der Waals surface area contributed by atoms with E-state index in [1.54, 1.807) is 7.11 Å². The van der Waals surface area contributed by atoms with Gasteiger partial charge in [0, 0.05) is 16.8 Å². The Labute approximate surface area is 109 Å². The van der Waals surface area contributed by atoms with E-state index in [9.17, 15) is 4.79 Å². The van der Waals surface area contributed by atoms with Gasteiger partial charge in [-0.25, -0.2) is 4.79 Å². The van der Waals surface area contributed by atoms with Crippen LogP contribution in [0, 0.1) is 20.8 Å². The molecule has 98 valence electrons. The third-order valence-electron chi connectivity index (χ3n) is 3.54. The number of methoxy groups -OCH3 is 1. The van der Waals surface area contributed by atoms with Crippen LogP contribution in [0.1, 0.15) is 16.9 Å². The lowest BCUT2D eigenvalue weighted by Crippen LogP contribution is -1.99. The Bertz CT molecular complexity index is 852. The Hall–Kier alpha value is -2.23. The topological polar surface area (TPSA) is 52.6 Å². The van der Waals surface area contributed by atoms with E-state index in [1.807, 2.05) is 26.8 Å². The van der Waals surface area contributed by atoms with Gasteiger partial charge in [-0.05, 0) is 38.0 Å². The highest BCUT2D eigenvalue weighted by Gasteiger charge is 2.18. The second kappa shape index (κ2) is 3.88. The molecular formula is C15H14O4. The van der Waals surface area contributed by atoms with Crippen LogP contribution in [0.5, 0.6) is 5.75 Å². The summed E-state index contributed by atoms with van der Waals surface area (Å²) in [6.45, 7) is 5.79. The molecule has 0 unspecified atom stereocenters. The molecule has 0 amide bonds. The lowest BCUT2D eigenvalue weighted by molar-refractivity contribution is 0.401. The van der Waals surface area contributed by atoms with Crippen LogP contribution in [0.15, 0.2) is 25.8 Å². The van der Waals surface area contributed by atoms with E-state index in [1.165, 1.54) is 6.07 Å². The van der Waals surface area contributed by atoms with E-state index in [-0.39, 0.29) is 5.63 Å². The number of ether oxygens (including phenoxy) is 1. The van der Waals surface area contributed by atoms with E-state index < -0.39 is 0 Å². The monoisotopic (exact) mass is 258 g/mol. The van der Waals surface area contributed by atoms with Crippen molar-refractivity contribution >= 4 is 21.9 Å². The van der Waals surface area contributed by atoms with Gasteiger partial charge >= 0.3 is 5.63 Å². The zero-order valence-electron chi connectivity index (χ0n) is 11.3. The molecule has 0 N–H and O–H groups in total. The van der Waals surface area contributed by atoms with E-state index in [2.05, 4.69) is 0 Å². The van der Waals surface area contributed by atoms with Crippen LogP contribution in [0.2, 0.25) is 0 Å². The molecule has 0 fully saturated rings. The first-order valence-corrected chi connectivity index (χ1v) is 6.04. The van der Waals surface area contributed by atoms with Crippen molar-refractivity contribution in [3.63, 3.8) is 0 Å². The Morgan fingerprint density at radius 3 is 2.37 bits per heavy atom. The lowest BCUT2D eigenvalue weighted by Gasteiger charge is -2.06. The molecule has 4 heteroatoms. The summed E-state index contributed by atoms with van der Waals surface area (Å²) in [6.07, 6.45) is 0. The van der Waals surface area contributed by atoms with Crippen molar-refractivity contribution in [2.75, 3.05) is 7.11 Å². The van der Waals surface area contributed by atoms with Crippen molar-refractivity contribution in [2.24, 2.45) is 0 Å². The number of furan rings is 1. The lowest BCUT2D eigenvalue weighted by atomic mass is 10.1. The van der Waals surface area contributed by atoms with E-state index >= 15 is 0 Å². The minimum absolute atomic E-state index is 0.386. The van der Waals surface area contributed by atoms with Gasteiger partial charge in [0.25, 0.3) is 0 Å². The molecule has 0 saturated carbocycles. The zero-order valence-corrected chi connectivity index (χ0v) is 11.3. The van der Waals surface area contributed by atoms with Crippen LogP contribution in [-0.4, -0.2) is 7.11 Å². The third-order valence-corrected chi connectivity index (χ3v) is 3.54. The summed E-state index contributed by atoms with van der Waals surface area (Å²) >= 11 is 0. The second-order valence-corrected chi connectivity index (χ2v) is 4.69. The summed E-state index contributed by atoms with van der Waals surface area (Å²) in [4.78, 5) is 11.5. The van der Waals surface area contributed by atoms with Crippen molar-refractivity contribution in [1.29, 1.82) is 0 Å². The fraction of sp³-hybridized carbons (Fsp3) is 0.267. The minimum atomic E-state index is -0.386.